The van der Waals surface area contributed by atoms with E-state index in [0.717, 1.165) is 16.9 Å². The lowest BCUT2D eigenvalue weighted by molar-refractivity contribution is -0.142. The summed E-state index contributed by atoms with van der Waals surface area (Å²) in [6, 6.07) is 5.01. The minimum Gasteiger partial charge on any atom is -0.493 e. The molecule has 0 spiro atoms. The van der Waals surface area contributed by atoms with Gasteiger partial charge in [0.2, 0.25) is 5.91 Å². The summed E-state index contributed by atoms with van der Waals surface area (Å²) in [5.41, 5.74) is 2.20. The zero-order chi connectivity index (χ0) is 15.1. The largest absolute Gasteiger partial charge is 0.493 e. The molecule has 5 nitrogen and oxygen atoms in total. The molecule has 5 heteroatoms. The minimum atomic E-state index is -1.02. The maximum absolute atomic E-state index is 11.6. The number of benzene rings is 1. The van der Waals surface area contributed by atoms with Gasteiger partial charge in [0.05, 0.1) is 13.0 Å². The van der Waals surface area contributed by atoms with Crippen LogP contribution in [0.2, 0.25) is 0 Å². The fourth-order valence-corrected chi connectivity index (χ4v) is 1.88. The van der Waals surface area contributed by atoms with Crippen molar-refractivity contribution in [1.29, 1.82) is 0 Å². The number of rotatable bonds is 7. The number of amides is 1. The summed E-state index contributed by atoms with van der Waals surface area (Å²) >= 11 is 0. The molecule has 1 aromatic rings. The lowest BCUT2D eigenvalue weighted by atomic mass is 10.1. The summed E-state index contributed by atoms with van der Waals surface area (Å²) in [5, 5.41) is 11.3. The van der Waals surface area contributed by atoms with E-state index in [2.05, 4.69) is 5.32 Å². The van der Waals surface area contributed by atoms with Crippen LogP contribution in [0.15, 0.2) is 18.2 Å². The van der Waals surface area contributed by atoms with Crippen molar-refractivity contribution in [3.63, 3.8) is 0 Å². The van der Waals surface area contributed by atoms with Crippen LogP contribution in [0.3, 0.4) is 0 Å². The first-order chi connectivity index (χ1) is 9.42. The average Bonchev–Trinajstić information content (AvgIpc) is 2.34. The second-order valence-corrected chi connectivity index (χ2v) is 4.79. The van der Waals surface area contributed by atoms with E-state index in [0.29, 0.717) is 6.42 Å². The molecule has 1 aromatic carbocycles. The molecule has 110 valence electrons. The Morgan fingerprint density at radius 1 is 1.25 bits per heavy atom. The summed E-state index contributed by atoms with van der Waals surface area (Å²) in [4.78, 5) is 22.4. The molecule has 2 N–H and O–H groups in total. The molecule has 1 atom stereocenters. The zero-order valence-corrected chi connectivity index (χ0v) is 12.1. The Kier molecular flexibility index (Phi) is 6.03. The van der Waals surface area contributed by atoms with E-state index < -0.39 is 12.0 Å². The van der Waals surface area contributed by atoms with Crippen molar-refractivity contribution < 1.29 is 19.4 Å². The summed E-state index contributed by atoms with van der Waals surface area (Å²) in [5.74, 6) is -0.611. The SMILES string of the molecule is CCC(NC(=O)CCOc1cc(C)cc(C)c1)C(=O)O. The molecule has 0 radical (unpaired) electrons. The van der Waals surface area contributed by atoms with Gasteiger partial charge in [-0.25, -0.2) is 4.79 Å². The van der Waals surface area contributed by atoms with Crippen molar-refractivity contribution in [1.82, 2.24) is 5.32 Å². The fourth-order valence-electron chi connectivity index (χ4n) is 1.88. The summed E-state index contributed by atoms with van der Waals surface area (Å²) in [6.07, 6.45) is 0.496. The van der Waals surface area contributed by atoms with E-state index in [4.69, 9.17) is 9.84 Å². The lowest BCUT2D eigenvalue weighted by Crippen LogP contribution is -2.40. The quantitative estimate of drug-likeness (QED) is 0.801. The summed E-state index contributed by atoms with van der Waals surface area (Å²) in [7, 11) is 0. The predicted molar refractivity (Wildman–Crippen MR) is 75.9 cm³/mol. The monoisotopic (exact) mass is 279 g/mol. The Morgan fingerprint density at radius 3 is 2.35 bits per heavy atom. The molecule has 0 aliphatic rings. The van der Waals surface area contributed by atoms with Gasteiger partial charge >= 0.3 is 5.97 Å². The van der Waals surface area contributed by atoms with E-state index in [1.165, 1.54) is 0 Å². The number of aliphatic carboxylic acids is 1. The first-order valence-corrected chi connectivity index (χ1v) is 6.65. The first-order valence-electron chi connectivity index (χ1n) is 6.65. The molecule has 1 unspecified atom stereocenters. The first kappa shape index (κ1) is 16.0. The van der Waals surface area contributed by atoms with E-state index in [9.17, 15) is 9.59 Å². The molecule has 20 heavy (non-hydrogen) atoms. The number of carboxylic acids is 1. The van der Waals surface area contributed by atoms with Crippen LogP contribution >= 0.6 is 0 Å². The molecule has 1 rings (SSSR count). The van der Waals surface area contributed by atoms with Gasteiger partial charge in [0.25, 0.3) is 0 Å². The second kappa shape index (κ2) is 7.53. The number of ether oxygens (including phenoxy) is 1. The predicted octanol–water partition coefficient (Wildman–Crippen LogP) is 2.05. The highest BCUT2D eigenvalue weighted by atomic mass is 16.5. The molecule has 0 saturated carbocycles. The Balaban J connectivity index is 2.40. The maximum atomic E-state index is 11.6. The summed E-state index contributed by atoms with van der Waals surface area (Å²) in [6.45, 7) is 5.90. The topological polar surface area (TPSA) is 75.6 Å². The number of aryl methyl sites for hydroxylation is 2. The number of hydrogen-bond donors (Lipinski definition) is 2. The molecule has 0 aliphatic heterocycles. The molecular weight excluding hydrogens is 258 g/mol. The molecule has 1 amide bonds. The van der Waals surface area contributed by atoms with Gasteiger partial charge in [-0.1, -0.05) is 13.0 Å². The van der Waals surface area contributed by atoms with Crippen molar-refractivity contribution in [2.45, 2.75) is 39.7 Å². The van der Waals surface area contributed by atoms with Crippen LogP contribution < -0.4 is 10.1 Å². The van der Waals surface area contributed by atoms with Crippen molar-refractivity contribution in [2.75, 3.05) is 6.61 Å². The maximum Gasteiger partial charge on any atom is 0.326 e. The van der Waals surface area contributed by atoms with Crippen molar-refractivity contribution in [3.8, 4) is 5.75 Å². The van der Waals surface area contributed by atoms with Crippen molar-refractivity contribution in [3.05, 3.63) is 29.3 Å². The third-order valence-corrected chi connectivity index (χ3v) is 2.83. The van der Waals surface area contributed by atoms with Gasteiger partial charge in [-0.15, -0.1) is 0 Å². The number of carboxylic acid groups (broad SMARTS) is 1. The van der Waals surface area contributed by atoms with Crippen LogP contribution in [-0.2, 0) is 9.59 Å². The standard InChI is InChI=1S/C15H21NO4/c1-4-13(15(18)19)16-14(17)5-6-20-12-8-10(2)7-11(3)9-12/h7-9,13H,4-6H2,1-3H3,(H,16,17)(H,18,19). The average molecular weight is 279 g/mol. The molecule has 0 bridgehead atoms. The Hall–Kier alpha value is -2.04. The van der Waals surface area contributed by atoms with Gasteiger partial charge in [-0.05, 0) is 43.5 Å². The molecule has 0 aliphatic carbocycles. The smallest absolute Gasteiger partial charge is 0.326 e. The molecule has 0 saturated heterocycles. The highest BCUT2D eigenvalue weighted by Gasteiger charge is 2.17. The Bertz CT molecular complexity index is 465. The molecule has 0 heterocycles. The van der Waals surface area contributed by atoms with E-state index in [1.807, 2.05) is 32.0 Å². The number of carbonyl (C=O) groups is 2. The van der Waals surface area contributed by atoms with E-state index in [1.54, 1.807) is 6.92 Å². The Morgan fingerprint density at radius 2 is 1.85 bits per heavy atom. The van der Waals surface area contributed by atoms with Gasteiger partial charge in [0.15, 0.2) is 0 Å². The highest BCUT2D eigenvalue weighted by molar-refractivity contribution is 5.83. The molecule has 0 fully saturated rings. The highest BCUT2D eigenvalue weighted by Crippen LogP contribution is 2.16. The third-order valence-electron chi connectivity index (χ3n) is 2.83. The van der Waals surface area contributed by atoms with E-state index in [-0.39, 0.29) is 18.9 Å². The van der Waals surface area contributed by atoms with Crippen LogP contribution in [0.5, 0.6) is 5.75 Å². The van der Waals surface area contributed by atoms with Crippen molar-refractivity contribution in [2.24, 2.45) is 0 Å². The van der Waals surface area contributed by atoms with Gasteiger partial charge in [-0.2, -0.15) is 0 Å². The number of carbonyl (C=O) groups excluding carboxylic acids is 1. The van der Waals surface area contributed by atoms with Crippen LogP contribution in [0.25, 0.3) is 0 Å². The zero-order valence-electron chi connectivity index (χ0n) is 12.1. The van der Waals surface area contributed by atoms with Crippen LogP contribution in [0.4, 0.5) is 0 Å². The number of nitrogens with one attached hydrogen (secondary N) is 1. The third kappa shape index (κ3) is 5.30. The van der Waals surface area contributed by atoms with Crippen LogP contribution in [-0.4, -0.2) is 29.6 Å². The lowest BCUT2D eigenvalue weighted by Gasteiger charge is -2.12. The van der Waals surface area contributed by atoms with Gasteiger partial charge < -0.3 is 15.2 Å². The molecular formula is C15H21NO4. The van der Waals surface area contributed by atoms with Crippen LogP contribution in [0.1, 0.15) is 30.9 Å². The van der Waals surface area contributed by atoms with Crippen LogP contribution in [0, 0.1) is 13.8 Å². The summed E-state index contributed by atoms with van der Waals surface area (Å²) < 4.78 is 5.51. The number of hydrogen-bond acceptors (Lipinski definition) is 3. The second-order valence-electron chi connectivity index (χ2n) is 4.79. The normalized spacial score (nSPS) is 11.8. The van der Waals surface area contributed by atoms with Crippen molar-refractivity contribution >= 4 is 11.9 Å². The van der Waals surface area contributed by atoms with Gasteiger partial charge in [0.1, 0.15) is 11.8 Å². The van der Waals surface area contributed by atoms with E-state index >= 15 is 0 Å². The van der Waals surface area contributed by atoms with Gasteiger partial charge in [-0.3, -0.25) is 4.79 Å². The Labute approximate surface area is 118 Å². The molecule has 0 aromatic heterocycles. The fraction of sp³-hybridized carbons (Fsp3) is 0.467. The van der Waals surface area contributed by atoms with Gasteiger partial charge in [0, 0.05) is 0 Å². The minimum absolute atomic E-state index is 0.136.